The molecule has 162 valence electrons. The lowest BCUT2D eigenvalue weighted by molar-refractivity contribution is -0.928. The van der Waals surface area contributed by atoms with Crippen LogP contribution in [0.3, 0.4) is 0 Å². The third-order valence-electron chi connectivity index (χ3n) is 5.82. The van der Waals surface area contributed by atoms with Crippen molar-refractivity contribution < 1.29 is 27.2 Å². The molecular weight excluding hydrogens is 397 g/mol. The van der Waals surface area contributed by atoms with Gasteiger partial charge in [-0.15, -0.1) is 0 Å². The molecule has 2 heterocycles. The third-order valence-corrected chi connectivity index (χ3v) is 7.74. The number of hydrogen-bond donors (Lipinski definition) is 2. The molecule has 0 spiro atoms. The minimum atomic E-state index is -4.00. The summed E-state index contributed by atoms with van der Waals surface area (Å²) in [5, 5.41) is 2.83. The molecule has 29 heavy (non-hydrogen) atoms. The van der Waals surface area contributed by atoms with Gasteiger partial charge in [0.15, 0.2) is 0 Å². The van der Waals surface area contributed by atoms with Crippen molar-refractivity contribution in [3.05, 3.63) is 29.6 Å². The number of carbonyl (C=O) groups excluding carboxylic acids is 1. The quantitative estimate of drug-likeness (QED) is 0.617. The van der Waals surface area contributed by atoms with Crippen molar-refractivity contribution in [3.8, 4) is 0 Å². The second-order valence-electron chi connectivity index (χ2n) is 7.83. The number of hydrogen-bond acceptors (Lipinski definition) is 4. The summed E-state index contributed by atoms with van der Waals surface area (Å²) in [7, 11) is -4.00. The Morgan fingerprint density at radius 1 is 1.31 bits per heavy atom. The van der Waals surface area contributed by atoms with Gasteiger partial charge in [0.1, 0.15) is 10.7 Å². The van der Waals surface area contributed by atoms with Gasteiger partial charge in [-0.3, -0.25) is 4.79 Å². The zero-order chi connectivity index (χ0) is 20.9. The number of nitrogens with one attached hydrogen (secondary N) is 2. The van der Waals surface area contributed by atoms with E-state index in [1.54, 1.807) is 4.90 Å². The molecule has 2 N–H and O–H groups in total. The van der Waals surface area contributed by atoms with Gasteiger partial charge in [0.25, 0.3) is 5.91 Å². The van der Waals surface area contributed by atoms with E-state index in [2.05, 4.69) is 12.2 Å². The van der Waals surface area contributed by atoms with Crippen LogP contribution in [0.1, 0.15) is 43.0 Å². The number of amides is 1. The highest BCUT2D eigenvalue weighted by Crippen LogP contribution is 2.21. The summed E-state index contributed by atoms with van der Waals surface area (Å²) in [6.07, 6.45) is 4.65. The van der Waals surface area contributed by atoms with Crippen LogP contribution in [-0.2, 0) is 14.8 Å². The van der Waals surface area contributed by atoms with Gasteiger partial charge in [0.05, 0.1) is 32.3 Å². The molecule has 0 saturated carbocycles. The first kappa shape index (κ1) is 22.1. The number of piperidine rings is 1. The highest BCUT2D eigenvalue weighted by Gasteiger charge is 2.29. The monoisotopic (exact) mass is 428 g/mol. The minimum Gasteiger partial charge on any atom is -0.379 e. The largest absolute Gasteiger partial charge is 0.379 e. The molecule has 2 aliphatic heterocycles. The summed E-state index contributed by atoms with van der Waals surface area (Å²) < 4.78 is 46.1. The van der Waals surface area contributed by atoms with Crippen LogP contribution in [0.5, 0.6) is 0 Å². The lowest BCUT2D eigenvalue weighted by atomic mass is 10.0. The van der Waals surface area contributed by atoms with Crippen molar-refractivity contribution in [1.82, 2.24) is 9.62 Å². The van der Waals surface area contributed by atoms with E-state index in [1.807, 2.05) is 0 Å². The predicted octanol–water partition coefficient (Wildman–Crippen LogP) is 0.424. The van der Waals surface area contributed by atoms with E-state index in [1.165, 1.54) is 36.2 Å². The average molecular weight is 429 g/mol. The summed E-state index contributed by atoms with van der Waals surface area (Å²) in [6, 6.07) is 4.15. The molecule has 1 aromatic rings. The normalized spacial score (nSPS) is 23.7. The van der Waals surface area contributed by atoms with Gasteiger partial charge in [0, 0.05) is 31.6 Å². The fourth-order valence-electron chi connectivity index (χ4n) is 4.01. The zero-order valence-electron chi connectivity index (χ0n) is 17.0. The molecule has 1 unspecified atom stereocenters. The molecule has 3 rings (SSSR count). The highest BCUT2D eigenvalue weighted by molar-refractivity contribution is 7.89. The van der Waals surface area contributed by atoms with Crippen LogP contribution in [0.4, 0.5) is 4.39 Å². The van der Waals surface area contributed by atoms with Crippen LogP contribution in [-0.4, -0.2) is 70.6 Å². The summed E-state index contributed by atoms with van der Waals surface area (Å²) in [5.41, 5.74) is 0.150. The van der Waals surface area contributed by atoms with Crippen molar-refractivity contribution in [1.29, 1.82) is 0 Å². The number of morpholine rings is 1. The number of benzene rings is 1. The van der Waals surface area contributed by atoms with E-state index in [9.17, 15) is 17.6 Å². The van der Waals surface area contributed by atoms with Crippen LogP contribution >= 0.6 is 0 Å². The number of ether oxygens (including phenoxy) is 1. The number of sulfonamides is 1. The second-order valence-corrected chi connectivity index (χ2v) is 9.73. The first-order chi connectivity index (χ1) is 13.9. The molecule has 0 bridgehead atoms. The highest BCUT2D eigenvalue weighted by atomic mass is 32.2. The molecule has 0 radical (unpaired) electrons. The van der Waals surface area contributed by atoms with Crippen LogP contribution in [0.25, 0.3) is 0 Å². The van der Waals surface area contributed by atoms with Gasteiger partial charge in [-0.2, -0.15) is 4.31 Å². The van der Waals surface area contributed by atoms with Crippen molar-refractivity contribution in [2.45, 2.75) is 43.5 Å². The van der Waals surface area contributed by atoms with Crippen molar-refractivity contribution in [2.24, 2.45) is 0 Å². The molecule has 2 fully saturated rings. The van der Waals surface area contributed by atoms with E-state index in [-0.39, 0.29) is 37.8 Å². The minimum absolute atomic E-state index is 0.150. The summed E-state index contributed by atoms with van der Waals surface area (Å²) in [4.78, 5) is 13.6. The van der Waals surface area contributed by atoms with Crippen LogP contribution < -0.4 is 10.2 Å². The first-order valence-corrected chi connectivity index (χ1v) is 11.8. The topological polar surface area (TPSA) is 80.2 Å². The van der Waals surface area contributed by atoms with Gasteiger partial charge in [-0.05, 0) is 44.4 Å². The van der Waals surface area contributed by atoms with Crippen molar-refractivity contribution >= 4 is 15.9 Å². The Morgan fingerprint density at radius 2 is 2.07 bits per heavy atom. The maximum absolute atomic E-state index is 14.3. The number of quaternary nitrogens is 1. The third kappa shape index (κ3) is 5.53. The van der Waals surface area contributed by atoms with Crippen LogP contribution in [0.15, 0.2) is 23.1 Å². The maximum Gasteiger partial charge on any atom is 0.251 e. The summed E-state index contributed by atoms with van der Waals surface area (Å²) in [5.74, 6) is -1.24. The van der Waals surface area contributed by atoms with Gasteiger partial charge in [0.2, 0.25) is 10.0 Å². The molecule has 7 nitrogen and oxygen atoms in total. The van der Waals surface area contributed by atoms with Gasteiger partial charge < -0.3 is 15.0 Å². The molecule has 1 aromatic carbocycles. The number of halogens is 1. The van der Waals surface area contributed by atoms with Crippen LogP contribution in [0.2, 0.25) is 0 Å². The molecule has 2 atom stereocenters. The Balaban J connectivity index is 1.59. The fourth-order valence-corrected chi connectivity index (χ4v) is 5.51. The standard InChI is InChI=1S/C20H30FN3O4S/c1-16-5-2-3-9-23(16)10-4-8-22-20(25)17-6-7-18(21)19(15-17)29(26,27)24-11-13-28-14-12-24/h6-7,15-16H,2-5,8-14H2,1H3,(H,22,25)/p+1/t16-/m1/s1. The first-order valence-electron chi connectivity index (χ1n) is 10.4. The molecular formula is C20H31FN3O4S+. The fraction of sp³-hybridized carbons (Fsp3) is 0.650. The molecule has 2 saturated heterocycles. The maximum atomic E-state index is 14.3. The van der Waals surface area contributed by atoms with E-state index in [4.69, 9.17) is 4.74 Å². The van der Waals surface area contributed by atoms with Crippen molar-refractivity contribution in [3.63, 3.8) is 0 Å². The van der Waals surface area contributed by atoms with E-state index >= 15 is 0 Å². The average Bonchev–Trinajstić information content (AvgIpc) is 2.73. The summed E-state index contributed by atoms with van der Waals surface area (Å²) in [6.45, 7) is 5.86. The molecule has 9 heteroatoms. The predicted molar refractivity (Wildman–Crippen MR) is 107 cm³/mol. The Hall–Kier alpha value is -1.55. The number of likely N-dealkylation sites (tertiary alicyclic amines) is 1. The number of carbonyl (C=O) groups is 1. The molecule has 1 amide bonds. The van der Waals surface area contributed by atoms with E-state index < -0.39 is 20.7 Å². The van der Waals surface area contributed by atoms with Gasteiger partial charge in [-0.25, -0.2) is 12.8 Å². The molecule has 0 aliphatic carbocycles. The van der Waals surface area contributed by atoms with Crippen molar-refractivity contribution in [2.75, 3.05) is 45.9 Å². The Morgan fingerprint density at radius 3 is 2.79 bits per heavy atom. The summed E-state index contributed by atoms with van der Waals surface area (Å²) >= 11 is 0. The Labute approximate surface area is 172 Å². The lowest BCUT2D eigenvalue weighted by Gasteiger charge is -2.30. The molecule has 0 aromatic heterocycles. The van der Waals surface area contributed by atoms with Gasteiger partial charge in [-0.1, -0.05) is 0 Å². The number of nitrogens with zero attached hydrogens (tertiary/aromatic N) is 1. The van der Waals surface area contributed by atoms with E-state index in [0.717, 1.165) is 25.1 Å². The second kappa shape index (κ2) is 9.97. The zero-order valence-corrected chi connectivity index (χ0v) is 17.8. The van der Waals surface area contributed by atoms with E-state index in [0.29, 0.717) is 12.6 Å². The van der Waals surface area contributed by atoms with Crippen LogP contribution in [0, 0.1) is 5.82 Å². The smallest absolute Gasteiger partial charge is 0.251 e. The van der Waals surface area contributed by atoms with Gasteiger partial charge >= 0.3 is 0 Å². The Kier molecular flexibility index (Phi) is 7.61. The number of rotatable bonds is 7. The SMILES string of the molecule is C[C@@H]1CCCC[NH+]1CCCNC(=O)c1ccc(F)c(S(=O)(=O)N2CCOCC2)c1. The lowest BCUT2D eigenvalue weighted by Crippen LogP contribution is -3.16. The molecule has 2 aliphatic rings. The Bertz CT molecular complexity index is 812.